The van der Waals surface area contributed by atoms with Crippen molar-refractivity contribution in [2.75, 3.05) is 0 Å². The molecule has 10 aromatic rings. The fourth-order valence-corrected chi connectivity index (χ4v) is 7.10. The molecule has 0 radical (unpaired) electrons. The van der Waals surface area contributed by atoms with Gasteiger partial charge in [0.05, 0.1) is 22.1 Å². The Kier molecular flexibility index (Phi) is 2.76. The monoisotopic (exact) mass is 453 g/mol. The molecule has 0 bridgehead atoms. The molecule has 3 aromatic heterocycles. The number of hydrogen-bond acceptors (Lipinski definition) is 3. The zero-order valence-electron chi connectivity index (χ0n) is 19.0. The van der Waals surface area contributed by atoms with Gasteiger partial charge in [-0.2, -0.15) is 0 Å². The Bertz CT molecular complexity index is 2360. The first-order valence-electron chi connectivity index (χ1n) is 12.3. The van der Waals surface area contributed by atoms with Crippen molar-refractivity contribution in [1.29, 1.82) is 0 Å². The molecule has 0 saturated heterocycles. The van der Waals surface area contributed by atoms with Crippen LogP contribution >= 0.6 is 0 Å². The Labute approximate surface area is 203 Å². The molecule has 0 aliphatic rings. The van der Waals surface area contributed by atoms with Gasteiger partial charge in [-0.15, -0.1) is 0 Å². The lowest BCUT2D eigenvalue weighted by Gasteiger charge is -2.23. The summed E-state index contributed by atoms with van der Waals surface area (Å²) in [5.41, 5.74) is 3.86. The van der Waals surface area contributed by atoms with Crippen molar-refractivity contribution in [2.24, 2.45) is 0 Å². The second kappa shape index (κ2) is 5.67. The summed E-state index contributed by atoms with van der Waals surface area (Å²) in [5, 5.41) is 17.6. The molecular formula is C33H15N3. The van der Waals surface area contributed by atoms with Crippen LogP contribution in [0.15, 0.2) is 91.3 Å². The van der Waals surface area contributed by atoms with Gasteiger partial charge in [0.25, 0.3) is 0 Å². The Balaban J connectivity index is 1.76. The highest BCUT2D eigenvalue weighted by Crippen LogP contribution is 2.52. The molecule has 0 fully saturated rings. The van der Waals surface area contributed by atoms with Crippen LogP contribution in [0.5, 0.6) is 0 Å². The van der Waals surface area contributed by atoms with Crippen LogP contribution in [0, 0.1) is 0 Å². The normalized spacial score (nSPS) is 13.0. The Morgan fingerprint density at radius 1 is 0.306 bits per heavy atom. The molecule has 0 spiro atoms. The van der Waals surface area contributed by atoms with Gasteiger partial charge in [0.2, 0.25) is 0 Å². The molecule has 0 atom stereocenters. The molecule has 3 nitrogen and oxygen atoms in total. The standard InChI is InChI=1S/C33H15N3/c1-6-16-18-8-2-10-20-22-12-4-14-34-30(22)32-28(25(18)20)27-24(16)17(7-1)19-9-3-11-21-23-13-5-15-35-31(23)33(36-32)29(27)26(19)21/h1-15H. The molecule has 0 aliphatic heterocycles. The SMILES string of the molecule is c1cnc2c(c1)c1cccc3c4cccc5c6cccc7c8cccnc8c8nc2c(c13)c(c45)c8c76. The van der Waals surface area contributed by atoms with Crippen LogP contribution in [0.1, 0.15) is 0 Å². The quantitative estimate of drug-likeness (QED) is 0.170. The smallest absolute Gasteiger partial charge is 0.0986 e. The molecule has 3 heteroatoms. The van der Waals surface area contributed by atoms with Gasteiger partial charge in [-0.3, -0.25) is 9.97 Å². The molecule has 3 heterocycles. The number of hydrogen-bond donors (Lipinski definition) is 0. The van der Waals surface area contributed by atoms with Crippen LogP contribution in [-0.2, 0) is 0 Å². The summed E-state index contributed by atoms with van der Waals surface area (Å²) in [4.78, 5) is 15.2. The molecule has 36 heavy (non-hydrogen) atoms. The maximum Gasteiger partial charge on any atom is 0.0986 e. The first-order chi connectivity index (χ1) is 17.9. The zero-order chi connectivity index (χ0) is 23.1. The van der Waals surface area contributed by atoms with E-state index in [-0.39, 0.29) is 0 Å². The fraction of sp³-hybridized carbons (Fsp3) is 0. The highest BCUT2D eigenvalue weighted by atomic mass is 14.8. The fourth-order valence-electron chi connectivity index (χ4n) is 7.10. The van der Waals surface area contributed by atoms with E-state index >= 15 is 0 Å². The third-order valence-electron chi connectivity index (χ3n) is 8.37. The first-order valence-corrected chi connectivity index (χ1v) is 12.3. The highest BCUT2D eigenvalue weighted by Gasteiger charge is 2.26. The summed E-state index contributed by atoms with van der Waals surface area (Å²) >= 11 is 0. The van der Waals surface area contributed by atoms with E-state index in [0.29, 0.717) is 0 Å². The van der Waals surface area contributed by atoms with Gasteiger partial charge in [0, 0.05) is 50.1 Å². The minimum Gasteiger partial charge on any atom is -0.254 e. The van der Waals surface area contributed by atoms with Gasteiger partial charge in [-0.25, -0.2) is 4.98 Å². The summed E-state index contributed by atoms with van der Waals surface area (Å²) in [6, 6.07) is 28.6. The van der Waals surface area contributed by atoms with Crippen molar-refractivity contribution in [3.8, 4) is 0 Å². The van der Waals surface area contributed by atoms with Gasteiger partial charge in [0.15, 0.2) is 0 Å². The summed E-state index contributed by atoms with van der Waals surface area (Å²) in [6.07, 6.45) is 3.77. The maximum absolute atomic E-state index is 5.44. The number of nitrogens with zero attached hydrogens (tertiary/aromatic N) is 3. The minimum absolute atomic E-state index is 0.958. The van der Waals surface area contributed by atoms with Gasteiger partial charge in [0.1, 0.15) is 0 Å². The van der Waals surface area contributed by atoms with Crippen molar-refractivity contribution >= 4 is 97.5 Å². The molecule has 7 aromatic carbocycles. The lowest BCUT2D eigenvalue weighted by atomic mass is 9.82. The molecule has 0 aliphatic carbocycles. The summed E-state index contributed by atoms with van der Waals surface area (Å²) in [6.45, 7) is 0. The van der Waals surface area contributed by atoms with E-state index in [0.717, 1.165) is 32.8 Å². The van der Waals surface area contributed by atoms with Gasteiger partial charge >= 0.3 is 0 Å². The molecule has 0 saturated carbocycles. The van der Waals surface area contributed by atoms with E-state index in [1.165, 1.54) is 64.6 Å². The average Bonchev–Trinajstić information content (AvgIpc) is 2.95. The maximum atomic E-state index is 5.44. The number of fused-ring (bicyclic) bond motifs is 8. The van der Waals surface area contributed by atoms with Gasteiger partial charge < -0.3 is 0 Å². The van der Waals surface area contributed by atoms with Crippen molar-refractivity contribution in [3.63, 3.8) is 0 Å². The highest BCUT2D eigenvalue weighted by molar-refractivity contribution is 6.51. The lowest BCUT2D eigenvalue weighted by Crippen LogP contribution is -1.98. The summed E-state index contributed by atoms with van der Waals surface area (Å²) in [5.74, 6) is 0. The van der Waals surface area contributed by atoms with Crippen LogP contribution in [-0.4, -0.2) is 15.0 Å². The number of benzene rings is 7. The van der Waals surface area contributed by atoms with Crippen LogP contribution < -0.4 is 0 Å². The average molecular weight is 454 g/mol. The zero-order valence-corrected chi connectivity index (χ0v) is 19.0. The van der Waals surface area contributed by atoms with Crippen molar-refractivity contribution in [1.82, 2.24) is 15.0 Å². The van der Waals surface area contributed by atoms with Crippen LogP contribution in [0.25, 0.3) is 97.5 Å². The van der Waals surface area contributed by atoms with E-state index in [1.807, 2.05) is 24.5 Å². The number of rotatable bonds is 0. The van der Waals surface area contributed by atoms with Gasteiger partial charge in [-0.05, 0) is 49.8 Å². The summed E-state index contributed by atoms with van der Waals surface area (Å²) in [7, 11) is 0. The van der Waals surface area contributed by atoms with E-state index < -0.39 is 0 Å². The molecule has 0 N–H and O–H groups in total. The molecule has 10 rings (SSSR count). The van der Waals surface area contributed by atoms with E-state index in [2.05, 4.69) is 66.7 Å². The van der Waals surface area contributed by atoms with Crippen LogP contribution in [0.3, 0.4) is 0 Å². The molecular weight excluding hydrogens is 438 g/mol. The summed E-state index contributed by atoms with van der Waals surface area (Å²) < 4.78 is 0. The van der Waals surface area contributed by atoms with Crippen LogP contribution in [0.2, 0.25) is 0 Å². The Morgan fingerprint density at radius 2 is 0.667 bits per heavy atom. The Morgan fingerprint density at radius 3 is 1.11 bits per heavy atom. The second-order valence-corrected chi connectivity index (χ2v) is 9.92. The van der Waals surface area contributed by atoms with Crippen LogP contribution in [0.4, 0.5) is 0 Å². The Hall–Kier alpha value is -4.89. The lowest BCUT2D eigenvalue weighted by molar-refractivity contribution is 1.40. The third kappa shape index (κ3) is 1.74. The van der Waals surface area contributed by atoms with Crippen molar-refractivity contribution < 1.29 is 0 Å². The largest absolute Gasteiger partial charge is 0.254 e. The first kappa shape index (κ1) is 17.5. The molecule has 0 amide bonds. The van der Waals surface area contributed by atoms with E-state index in [1.54, 1.807) is 0 Å². The van der Waals surface area contributed by atoms with Gasteiger partial charge in [-0.1, -0.05) is 66.7 Å². The second-order valence-electron chi connectivity index (χ2n) is 9.92. The molecule has 0 unspecified atom stereocenters. The number of pyridine rings is 3. The van der Waals surface area contributed by atoms with Crippen molar-refractivity contribution in [2.45, 2.75) is 0 Å². The predicted molar refractivity (Wildman–Crippen MR) is 151 cm³/mol. The van der Waals surface area contributed by atoms with E-state index in [4.69, 9.17) is 15.0 Å². The van der Waals surface area contributed by atoms with Crippen molar-refractivity contribution in [3.05, 3.63) is 91.3 Å². The predicted octanol–water partition coefficient (Wildman–Crippen LogP) is 8.56. The minimum atomic E-state index is 0.958. The van der Waals surface area contributed by atoms with E-state index in [9.17, 15) is 0 Å². The molecule has 162 valence electrons. The number of aromatic nitrogens is 3. The topological polar surface area (TPSA) is 38.7 Å². The third-order valence-corrected chi connectivity index (χ3v) is 8.37.